The summed E-state index contributed by atoms with van der Waals surface area (Å²) in [5, 5.41) is 8.03. The summed E-state index contributed by atoms with van der Waals surface area (Å²) in [6.07, 6.45) is 11.1. The number of piperidine rings is 1. The summed E-state index contributed by atoms with van der Waals surface area (Å²) in [4.78, 5) is 221. The van der Waals surface area contributed by atoms with Crippen molar-refractivity contribution in [3.8, 4) is 0 Å². The number of aryl methyl sites for hydroxylation is 1. The van der Waals surface area contributed by atoms with Crippen LogP contribution in [0.1, 0.15) is 206 Å². The van der Waals surface area contributed by atoms with E-state index in [1.165, 1.54) is 87.2 Å². The highest BCUT2D eigenvalue weighted by Crippen LogP contribution is 2.40. The van der Waals surface area contributed by atoms with Crippen molar-refractivity contribution >= 4 is 94.3 Å². The van der Waals surface area contributed by atoms with Gasteiger partial charge in [0.05, 0.1) is 55.0 Å². The summed E-state index contributed by atoms with van der Waals surface area (Å²) in [6, 6.07) is -4.88. The van der Waals surface area contributed by atoms with Gasteiger partial charge in [-0.3, -0.25) is 72.0 Å². The fourth-order valence-corrected chi connectivity index (χ4v) is 18.1. The van der Waals surface area contributed by atoms with Gasteiger partial charge in [0.2, 0.25) is 82.7 Å². The molecule has 3 heterocycles. The quantitative estimate of drug-likeness (QED) is 0.118. The Labute approximate surface area is 669 Å². The van der Waals surface area contributed by atoms with Gasteiger partial charge in [0.25, 0.3) is 0 Å². The largest absolute Gasteiger partial charge is 0.417 e. The molecule has 7 fully saturated rings. The van der Waals surface area contributed by atoms with Crippen LogP contribution in [0.15, 0.2) is 30.4 Å². The van der Waals surface area contributed by atoms with E-state index in [2.05, 4.69) is 16.0 Å². The van der Waals surface area contributed by atoms with Gasteiger partial charge in [-0.2, -0.15) is 13.2 Å². The summed E-state index contributed by atoms with van der Waals surface area (Å²) in [5.74, 6) is -11.2. The lowest BCUT2D eigenvalue weighted by molar-refractivity contribution is -0.157. The van der Waals surface area contributed by atoms with Gasteiger partial charge in [0.1, 0.15) is 41.8 Å². The number of alkyl halides is 3. The number of amides is 14. The molecule has 3 N–H and O–H groups in total. The molecule has 4 saturated carbocycles. The zero-order chi connectivity index (χ0) is 82.9. The number of rotatable bonds is 15. The topological polar surface area (TPSA) is 307 Å². The molecule has 4 aliphatic carbocycles. The van der Waals surface area contributed by atoms with Crippen molar-refractivity contribution in [2.24, 2.45) is 35.5 Å². The molecule has 31 heteroatoms. The van der Waals surface area contributed by atoms with Crippen molar-refractivity contribution < 1.29 is 80.3 Å². The molecule has 0 aromatic heterocycles. The van der Waals surface area contributed by atoms with E-state index in [1.54, 1.807) is 11.8 Å². The highest BCUT2D eigenvalue weighted by atomic mass is 35.5. The van der Waals surface area contributed by atoms with E-state index in [1.807, 2.05) is 20.8 Å². The van der Waals surface area contributed by atoms with Crippen molar-refractivity contribution in [2.45, 2.75) is 249 Å². The van der Waals surface area contributed by atoms with Crippen molar-refractivity contribution in [3.63, 3.8) is 0 Å². The normalized spacial score (nSPS) is 26.8. The SMILES string of the molecule is CC[C@H](C)[C@@H]1NC(=O)[C@H](CC(C)C)N(C)C(=O)C[C@@H](C(=O)N2CCCCC2)N(C)C(=O)[C@H](C2CCCCC2)N(C)C(=O)C2(CCCC2)NC(=O)CN(C/C=C/CN2C(=O)C3CCCCC3C2=O)C(=O)[C@H](CCc2ccc(C(F)(F)F)c(Cl)c2)NC(=O)CN(C)C(=O)[C@@H](CC2CCCCC2)N(C)C(=O)CN(C)C(=O)CN(C)C1=O. The Morgan fingerprint density at radius 3 is 1.74 bits per heavy atom. The molecular weight excluding hydrogens is 1480 g/mol. The molecule has 0 radical (unpaired) electrons. The first-order valence-electron chi connectivity index (χ1n) is 41.1. The van der Waals surface area contributed by atoms with E-state index in [-0.39, 0.29) is 74.3 Å². The van der Waals surface area contributed by atoms with E-state index >= 15 is 33.6 Å². The average Bonchev–Trinajstić information content (AvgIpc) is 1.66. The van der Waals surface area contributed by atoms with Crippen LogP contribution in [0.5, 0.6) is 0 Å². The fourth-order valence-electron chi connectivity index (χ4n) is 17.8. The van der Waals surface area contributed by atoms with Crippen LogP contribution in [-0.4, -0.2) is 275 Å². The number of imide groups is 1. The molecule has 2 unspecified atom stereocenters. The number of carbonyl (C=O) groups excluding carboxylic acids is 14. The van der Waals surface area contributed by atoms with Crippen LogP contribution in [0.3, 0.4) is 0 Å². The molecule has 3 aliphatic heterocycles. The van der Waals surface area contributed by atoms with Crippen molar-refractivity contribution in [3.05, 3.63) is 46.5 Å². The first kappa shape index (κ1) is 90.4. The predicted molar refractivity (Wildman–Crippen MR) is 417 cm³/mol. The third-order valence-electron chi connectivity index (χ3n) is 24.9. The summed E-state index contributed by atoms with van der Waals surface area (Å²) in [7, 11) is 9.86. The number of benzene rings is 1. The minimum atomic E-state index is -4.82. The molecule has 8 rings (SSSR count). The smallest absolute Gasteiger partial charge is 0.343 e. The monoisotopic (exact) mass is 1610 g/mol. The Kier molecular flexibility index (Phi) is 32.7. The summed E-state index contributed by atoms with van der Waals surface area (Å²) in [5.41, 5.74) is -2.58. The highest BCUT2D eigenvalue weighted by Gasteiger charge is 2.51. The van der Waals surface area contributed by atoms with Gasteiger partial charge in [-0.25, -0.2) is 0 Å². The Hall–Kier alpha value is -8.18. The first-order valence-corrected chi connectivity index (χ1v) is 41.5. The van der Waals surface area contributed by atoms with E-state index in [0.717, 1.165) is 94.4 Å². The van der Waals surface area contributed by atoms with Crippen molar-refractivity contribution in [1.29, 1.82) is 0 Å². The molecule has 9 atom stereocenters. The number of fused-ring (bicyclic) bond motifs is 1. The highest BCUT2D eigenvalue weighted by molar-refractivity contribution is 6.31. The number of likely N-dealkylation sites (tertiary alicyclic amines) is 2. The second-order valence-electron chi connectivity index (χ2n) is 33.5. The molecule has 1 aromatic rings. The molecule has 7 aliphatic rings. The minimum Gasteiger partial charge on any atom is -0.343 e. The van der Waals surface area contributed by atoms with E-state index in [0.29, 0.717) is 83.7 Å². The predicted octanol–water partition coefficient (Wildman–Crippen LogP) is 6.99. The Bertz CT molecular complexity index is 3610. The molecule has 14 amide bonds. The number of carbonyl (C=O) groups is 14. The first-order chi connectivity index (χ1) is 53.5. The van der Waals surface area contributed by atoms with Crippen LogP contribution in [0, 0.1) is 35.5 Å². The Morgan fingerprint density at radius 2 is 1.15 bits per heavy atom. The third kappa shape index (κ3) is 23.1. The summed E-state index contributed by atoms with van der Waals surface area (Å²) >= 11 is 6.23. The van der Waals surface area contributed by atoms with Crippen LogP contribution >= 0.6 is 11.6 Å². The molecule has 1 aromatic carbocycles. The lowest BCUT2D eigenvalue weighted by Crippen LogP contribution is -2.64. The third-order valence-corrected chi connectivity index (χ3v) is 25.2. The molecule has 27 nitrogen and oxygen atoms in total. The van der Waals surface area contributed by atoms with Gasteiger partial charge in [0, 0.05) is 75.5 Å². The number of nitrogens with one attached hydrogen (secondary N) is 3. The van der Waals surface area contributed by atoms with Gasteiger partial charge >= 0.3 is 6.18 Å². The van der Waals surface area contributed by atoms with E-state index in [9.17, 15) is 46.7 Å². The lowest BCUT2D eigenvalue weighted by Gasteiger charge is -2.43. The number of likely N-dealkylation sites (N-methyl/N-ethyl adjacent to an activating group) is 7. The van der Waals surface area contributed by atoms with Gasteiger partial charge in [-0.15, -0.1) is 0 Å². The van der Waals surface area contributed by atoms with Gasteiger partial charge in [-0.05, 0) is 125 Å². The van der Waals surface area contributed by atoms with E-state index < -0.39 is 192 Å². The maximum Gasteiger partial charge on any atom is 0.417 e. The van der Waals surface area contributed by atoms with Crippen LogP contribution in [0.25, 0.3) is 0 Å². The minimum absolute atomic E-state index is 0.0291. The molecule has 3 saturated heterocycles. The summed E-state index contributed by atoms with van der Waals surface area (Å²) in [6.45, 7) is 4.79. The van der Waals surface area contributed by atoms with Crippen molar-refractivity contribution in [2.75, 3.05) is 102 Å². The van der Waals surface area contributed by atoms with Gasteiger partial charge in [-0.1, -0.05) is 141 Å². The molecule has 628 valence electrons. The standard InChI is InChI=1S/C82H123ClF3N13O14/c1-12-53(4)70-78(111)92(7)50-68(103)90(5)51-69(104)94(9)63(46-54-28-16-13-17-29-54)76(109)91(6)48-65(100)87-61(37-35-55-34-36-59(60(83)45-55)82(84,85)86)75(108)98(42-26-27-43-99-73(106)57-32-20-21-33-58(57)74(99)107)49-66(101)89-81(38-22-23-39-81)80(113)96(11)71(56-30-18-14-19-31-56)79(112)95(10)64(77(110)97-40-24-15-25-41-97)47-67(102)93(8)62(44-52(2)3)72(105)88-70/h26-27,34,36,45,52-54,56-58,61-64,70-71H,12-25,28-33,35,37-44,46-51H2,1-11H3,(H,87,100)(H,88,105)(H,89,101)/b27-26+/t53-,57?,58?,61-,62-,63+,64-,70-,71-/m0/s1. The number of halogens is 4. The number of nitrogens with zero attached hydrogens (tertiary/aromatic N) is 10. The zero-order valence-corrected chi connectivity index (χ0v) is 69.0. The van der Waals surface area contributed by atoms with Crippen LogP contribution in [0.4, 0.5) is 13.2 Å². The summed E-state index contributed by atoms with van der Waals surface area (Å²) < 4.78 is 42.3. The van der Waals surface area contributed by atoms with E-state index in [4.69, 9.17) is 11.6 Å². The molecule has 0 bridgehead atoms. The Balaban J connectivity index is 1.21. The molecule has 113 heavy (non-hydrogen) atoms. The second kappa shape index (κ2) is 40.9. The second-order valence-corrected chi connectivity index (χ2v) is 33.9. The maximum absolute atomic E-state index is 16.0. The van der Waals surface area contributed by atoms with Crippen LogP contribution in [-0.2, 0) is 79.7 Å². The Morgan fingerprint density at radius 1 is 0.584 bits per heavy atom. The van der Waals surface area contributed by atoms with Gasteiger partial charge in [0.15, 0.2) is 0 Å². The average molecular weight is 1610 g/mol. The zero-order valence-electron chi connectivity index (χ0n) is 68.3. The lowest BCUT2D eigenvalue weighted by atomic mass is 9.81. The molecule has 1 spiro atoms. The van der Waals surface area contributed by atoms with Crippen LogP contribution in [0.2, 0.25) is 5.02 Å². The van der Waals surface area contributed by atoms with Crippen LogP contribution < -0.4 is 16.0 Å². The number of hydrogen-bond acceptors (Lipinski definition) is 14. The fraction of sp³-hybridized carbons (Fsp3) is 0.732. The maximum atomic E-state index is 16.0. The van der Waals surface area contributed by atoms with Gasteiger partial charge < -0.3 is 60.0 Å². The number of hydrogen-bond donors (Lipinski definition) is 3. The molecular formula is C82H123ClF3N13O14. The van der Waals surface area contributed by atoms with Crippen molar-refractivity contribution in [1.82, 2.24) is 64.9 Å².